The molecule has 0 radical (unpaired) electrons. The maximum atomic E-state index is 5.95. The lowest BCUT2D eigenvalue weighted by Gasteiger charge is -2.11. The molecule has 2 heterocycles. The molecule has 0 amide bonds. The molecule has 0 saturated carbocycles. The molecule has 1 aliphatic heterocycles. The third-order valence-electron chi connectivity index (χ3n) is 2.17. The van der Waals surface area contributed by atoms with Gasteiger partial charge in [0, 0.05) is 29.8 Å². The molecular formula is C8H12N2S2. The molecule has 1 aromatic rings. The van der Waals surface area contributed by atoms with Crippen molar-refractivity contribution >= 4 is 23.1 Å². The number of nitrogens with zero attached hydrogens (tertiary/aromatic N) is 1. The van der Waals surface area contributed by atoms with Crippen molar-refractivity contribution in [3.8, 4) is 0 Å². The molecule has 2 atom stereocenters. The summed E-state index contributed by atoms with van der Waals surface area (Å²) in [5.41, 5.74) is 5.95. The fourth-order valence-electron chi connectivity index (χ4n) is 1.40. The summed E-state index contributed by atoms with van der Waals surface area (Å²) >= 11 is 3.70. The quantitative estimate of drug-likeness (QED) is 0.784. The zero-order valence-corrected chi connectivity index (χ0v) is 8.40. The number of thioether (sulfide) groups is 1. The summed E-state index contributed by atoms with van der Waals surface area (Å²) in [6, 6.07) is 0.388. The molecule has 4 heteroatoms. The van der Waals surface area contributed by atoms with Gasteiger partial charge in [-0.1, -0.05) is 0 Å². The summed E-state index contributed by atoms with van der Waals surface area (Å²) in [6.45, 7) is 0. The summed E-state index contributed by atoms with van der Waals surface area (Å²) in [5.74, 6) is 2.98. The van der Waals surface area contributed by atoms with Crippen LogP contribution in [-0.2, 0) is 6.42 Å². The van der Waals surface area contributed by atoms with Gasteiger partial charge in [-0.25, -0.2) is 4.98 Å². The van der Waals surface area contributed by atoms with Crippen molar-refractivity contribution in [3.63, 3.8) is 0 Å². The molecule has 0 bridgehead atoms. The van der Waals surface area contributed by atoms with Crippen LogP contribution in [0.5, 0.6) is 0 Å². The van der Waals surface area contributed by atoms with E-state index in [4.69, 9.17) is 5.73 Å². The van der Waals surface area contributed by atoms with Gasteiger partial charge >= 0.3 is 0 Å². The molecule has 0 aliphatic carbocycles. The monoisotopic (exact) mass is 200 g/mol. The maximum absolute atomic E-state index is 5.95. The minimum Gasteiger partial charge on any atom is -0.327 e. The van der Waals surface area contributed by atoms with Crippen molar-refractivity contribution in [2.75, 3.05) is 11.5 Å². The number of nitrogens with two attached hydrogens (primary N) is 1. The number of thiazole rings is 1. The van der Waals surface area contributed by atoms with Gasteiger partial charge in [0.05, 0.1) is 5.01 Å². The molecule has 1 fully saturated rings. The topological polar surface area (TPSA) is 38.9 Å². The summed E-state index contributed by atoms with van der Waals surface area (Å²) in [7, 11) is 0. The Morgan fingerprint density at radius 3 is 3.08 bits per heavy atom. The third-order valence-corrected chi connectivity index (χ3v) is 4.25. The minimum absolute atomic E-state index is 0.388. The molecule has 0 spiro atoms. The van der Waals surface area contributed by atoms with Crippen molar-refractivity contribution in [1.29, 1.82) is 0 Å². The normalized spacial score (nSPS) is 29.4. The van der Waals surface area contributed by atoms with Crippen LogP contribution in [0.1, 0.15) is 5.01 Å². The van der Waals surface area contributed by atoms with Crippen LogP contribution in [0.2, 0.25) is 0 Å². The van der Waals surface area contributed by atoms with E-state index in [-0.39, 0.29) is 0 Å². The van der Waals surface area contributed by atoms with Gasteiger partial charge in [0.1, 0.15) is 0 Å². The molecular weight excluding hydrogens is 188 g/mol. The van der Waals surface area contributed by atoms with Gasteiger partial charge in [0.2, 0.25) is 0 Å². The average Bonchev–Trinajstić information content (AvgIpc) is 2.65. The van der Waals surface area contributed by atoms with Gasteiger partial charge in [0.25, 0.3) is 0 Å². The van der Waals surface area contributed by atoms with Gasteiger partial charge in [-0.3, -0.25) is 0 Å². The van der Waals surface area contributed by atoms with Gasteiger partial charge < -0.3 is 5.73 Å². The van der Waals surface area contributed by atoms with E-state index >= 15 is 0 Å². The van der Waals surface area contributed by atoms with Crippen LogP contribution < -0.4 is 5.73 Å². The molecule has 1 saturated heterocycles. The number of hydrogen-bond donors (Lipinski definition) is 1. The van der Waals surface area contributed by atoms with E-state index in [0.717, 1.165) is 12.2 Å². The third kappa shape index (κ3) is 1.81. The molecule has 2 rings (SSSR count). The van der Waals surface area contributed by atoms with E-state index in [1.165, 1.54) is 10.8 Å². The molecule has 2 N–H and O–H groups in total. The molecule has 2 nitrogen and oxygen atoms in total. The van der Waals surface area contributed by atoms with Crippen LogP contribution in [0, 0.1) is 5.92 Å². The predicted octanol–water partition coefficient (Wildman–Crippen LogP) is 1.38. The van der Waals surface area contributed by atoms with E-state index < -0.39 is 0 Å². The zero-order chi connectivity index (χ0) is 8.39. The molecule has 0 aromatic carbocycles. The Labute approximate surface area is 80.6 Å². The van der Waals surface area contributed by atoms with E-state index in [1.807, 2.05) is 23.3 Å². The zero-order valence-electron chi connectivity index (χ0n) is 6.77. The molecule has 1 aromatic heterocycles. The van der Waals surface area contributed by atoms with E-state index in [9.17, 15) is 0 Å². The summed E-state index contributed by atoms with van der Waals surface area (Å²) < 4.78 is 0. The van der Waals surface area contributed by atoms with Crippen molar-refractivity contribution in [3.05, 3.63) is 16.6 Å². The van der Waals surface area contributed by atoms with Crippen molar-refractivity contribution in [1.82, 2.24) is 4.98 Å². The van der Waals surface area contributed by atoms with E-state index in [2.05, 4.69) is 4.98 Å². The van der Waals surface area contributed by atoms with E-state index in [1.54, 1.807) is 11.3 Å². The van der Waals surface area contributed by atoms with Crippen LogP contribution in [-0.4, -0.2) is 22.5 Å². The highest BCUT2D eigenvalue weighted by atomic mass is 32.2. The number of aromatic nitrogens is 1. The van der Waals surface area contributed by atoms with Crippen LogP contribution in [0.25, 0.3) is 0 Å². The Bertz CT molecular complexity index is 235. The van der Waals surface area contributed by atoms with Crippen LogP contribution in [0.15, 0.2) is 11.6 Å². The predicted molar refractivity (Wildman–Crippen MR) is 54.6 cm³/mol. The summed E-state index contributed by atoms with van der Waals surface area (Å²) in [6.07, 6.45) is 2.94. The lowest BCUT2D eigenvalue weighted by molar-refractivity contribution is 0.514. The highest BCUT2D eigenvalue weighted by Crippen LogP contribution is 2.26. The van der Waals surface area contributed by atoms with E-state index in [0.29, 0.717) is 12.0 Å². The number of rotatable bonds is 2. The second kappa shape index (κ2) is 3.77. The Kier molecular flexibility index (Phi) is 2.68. The average molecular weight is 200 g/mol. The Balaban J connectivity index is 1.95. The van der Waals surface area contributed by atoms with Crippen LogP contribution >= 0.6 is 23.1 Å². The van der Waals surface area contributed by atoms with Gasteiger partial charge in [-0.05, 0) is 11.7 Å². The van der Waals surface area contributed by atoms with Crippen LogP contribution in [0.4, 0.5) is 0 Å². The molecule has 2 unspecified atom stereocenters. The molecule has 12 heavy (non-hydrogen) atoms. The first-order valence-corrected chi connectivity index (χ1v) is 6.11. The Hall–Kier alpha value is -0.0600. The minimum atomic E-state index is 0.388. The SMILES string of the molecule is NC1CSCC1Cc1nccs1. The van der Waals surface area contributed by atoms with Gasteiger partial charge in [-0.2, -0.15) is 11.8 Å². The lowest BCUT2D eigenvalue weighted by Crippen LogP contribution is -2.29. The van der Waals surface area contributed by atoms with Gasteiger partial charge in [0.15, 0.2) is 0 Å². The number of hydrogen-bond acceptors (Lipinski definition) is 4. The van der Waals surface area contributed by atoms with Crippen molar-refractivity contribution in [2.45, 2.75) is 12.5 Å². The van der Waals surface area contributed by atoms with Crippen LogP contribution in [0.3, 0.4) is 0 Å². The summed E-state index contributed by atoms with van der Waals surface area (Å²) in [4.78, 5) is 4.27. The lowest BCUT2D eigenvalue weighted by atomic mass is 10.0. The summed E-state index contributed by atoms with van der Waals surface area (Å²) in [5, 5.41) is 3.26. The highest BCUT2D eigenvalue weighted by molar-refractivity contribution is 7.99. The first-order chi connectivity index (χ1) is 5.86. The maximum Gasteiger partial charge on any atom is 0.0928 e. The highest BCUT2D eigenvalue weighted by Gasteiger charge is 2.24. The fourth-order valence-corrected chi connectivity index (χ4v) is 3.46. The standard InChI is InChI=1S/C8H12N2S2/c9-7-5-11-4-6(7)3-8-10-1-2-12-8/h1-2,6-7H,3-5,9H2. The van der Waals surface area contributed by atoms with Crippen molar-refractivity contribution < 1.29 is 0 Å². The second-order valence-corrected chi connectivity index (χ2v) is 5.15. The smallest absolute Gasteiger partial charge is 0.0928 e. The largest absolute Gasteiger partial charge is 0.327 e. The fraction of sp³-hybridized carbons (Fsp3) is 0.625. The first kappa shape index (κ1) is 8.53. The second-order valence-electron chi connectivity index (χ2n) is 3.09. The Morgan fingerprint density at radius 1 is 1.58 bits per heavy atom. The first-order valence-electron chi connectivity index (χ1n) is 4.08. The van der Waals surface area contributed by atoms with Crippen molar-refractivity contribution in [2.24, 2.45) is 11.7 Å². The molecule has 66 valence electrons. The van der Waals surface area contributed by atoms with Gasteiger partial charge in [-0.15, -0.1) is 11.3 Å². The molecule has 1 aliphatic rings. The Morgan fingerprint density at radius 2 is 2.50 bits per heavy atom.